The fourth-order valence-corrected chi connectivity index (χ4v) is 0.973. The Kier molecular flexibility index (Phi) is 5.55. The number of methoxy groups -OCH3 is 1. The van der Waals surface area contributed by atoms with Crippen molar-refractivity contribution < 1.29 is 19.6 Å². The first kappa shape index (κ1) is 13.9. The zero-order valence-corrected chi connectivity index (χ0v) is 9.26. The lowest BCUT2D eigenvalue weighted by molar-refractivity contribution is -0.385. The molecule has 0 fully saturated rings. The van der Waals surface area contributed by atoms with Crippen LogP contribution in [0, 0.1) is 10.1 Å². The van der Waals surface area contributed by atoms with E-state index in [1.165, 1.54) is 13.2 Å². The number of rotatable bonds is 3. The number of carbonyl (C=O) groups is 1. The van der Waals surface area contributed by atoms with Crippen molar-refractivity contribution in [2.45, 2.75) is 13.8 Å². The maximum absolute atomic E-state index is 10.6. The van der Waals surface area contributed by atoms with E-state index in [0.29, 0.717) is 0 Å². The molecule has 1 rings (SSSR count). The molecule has 88 valence electrons. The number of aromatic carboxylic acids is 1. The van der Waals surface area contributed by atoms with Gasteiger partial charge in [-0.25, -0.2) is 4.79 Å². The number of benzene rings is 1. The summed E-state index contributed by atoms with van der Waals surface area (Å²) in [6.07, 6.45) is 0. The van der Waals surface area contributed by atoms with Gasteiger partial charge in [0.2, 0.25) is 0 Å². The maximum Gasteiger partial charge on any atom is 0.342 e. The number of ether oxygens (including phenoxy) is 1. The van der Waals surface area contributed by atoms with Gasteiger partial charge in [-0.3, -0.25) is 10.1 Å². The standard InChI is InChI=1S/C8H7NO5.C2H6/c1-14-5-2-3-7(9(12)13)6(4-5)8(10)11;1-2/h2-4H,1H3,(H,10,11);1-2H3. The smallest absolute Gasteiger partial charge is 0.342 e. The molecule has 6 nitrogen and oxygen atoms in total. The summed E-state index contributed by atoms with van der Waals surface area (Å²) in [6, 6.07) is 3.55. The normalized spacial score (nSPS) is 8.69. The van der Waals surface area contributed by atoms with Crippen LogP contribution in [0.25, 0.3) is 0 Å². The van der Waals surface area contributed by atoms with Crippen molar-refractivity contribution in [1.29, 1.82) is 0 Å². The molecule has 6 heteroatoms. The van der Waals surface area contributed by atoms with Crippen molar-refractivity contribution in [1.82, 2.24) is 0 Å². The van der Waals surface area contributed by atoms with E-state index in [4.69, 9.17) is 9.84 Å². The van der Waals surface area contributed by atoms with Gasteiger partial charge in [0.1, 0.15) is 11.3 Å². The third-order valence-corrected chi connectivity index (χ3v) is 1.63. The van der Waals surface area contributed by atoms with Gasteiger partial charge in [0.25, 0.3) is 5.69 Å². The summed E-state index contributed by atoms with van der Waals surface area (Å²) in [6.45, 7) is 4.00. The van der Waals surface area contributed by atoms with E-state index in [1.54, 1.807) is 0 Å². The number of nitrogens with zero attached hydrogens (tertiary/aromatic N) is 1. The summed E-state index contributed by atoms with van der Waals surface area (Å²) in [4.78, 5) is 20.3. The van der Waals surface area contributed by atoms with E-state index in [1.807, 2.05) is 13.8 Å². The van der Waals surface area contributed by atoms with Gasteiger partial charge in [-0.1, -0.05) is 13.8 Å². The summed E-state index contributed by atoms with van der Waals surface area (Å²) in [5, 5.41) is 19.1. The number of carboxylic acid groups (broad SMARTS) is 1. The van der Waals surface area contributed by atoms with Crippen LogP contribution in [0.2, 0.25) is 0 Å². The fourth-order valence-electron chi connectivity index (χ4n) is 0.973. The third-order valence-electron chi connectivity index (χ3n) is 1.63. The molecule has 0 heterocycles. The summed E-state index contributed by atoms with van der Waals surface area (Å²) in [5.74, 6) is -1.08. The number of hydrogen-bond acceptors (Lipinski definition) is 4. The van der Waals surface area contributed by atoms with Crippen LogP contribution >= 0.6 is 0 Å². The second kappa shape index (κ2) is 6.39. The lowest BCUT2D eigenvalue weighted by atomic mass is 10.2. The van der Waals surface area contributed by atoms with Crippen LogP contribution in [-0.2, 0) is 0 Å². The predicted molar refractivity (Wildman–Crippen MR) is 58.0 cm³/mol. The highest BCUT2D eigenvalue weighted by Crippen LogP contribution is 2.23. The Bertz CT molecular complexity index is 389. The summed E-state index contributed by atoms with van der Waals surface area (Å²) in [7, 11) is 1.35. The van der Waals surface area contributed by atoms with E-state index in [0.717, 1.165) is 12.1 Å². The van der Waals surface area contributed by atoms with E-state index in [-0.39, 0.29) is 11.3 Å². The lowest BCUT2D eigenvalue weighted by Gasteiger charge is -2.01. The van der Waals surface area contributed by atoms with Gasteiger partial charge in [-0.2, -0.15) is 0 Å². The van der Waals surface area contributed by atoms with Crippen molar-refractivity contribution in [3.8, 4) is 5.75 Å². The highest BCUT2D eigenvalue weighted by molar-refractivity contribution is 5.92. The van der Waals surface area contributed by atoms with Crippen molar-refractivity contribution in [2.24, 2.45) is 0 Å². The van der Waals surface area contributed by atoms with Crippen LogP contribution in [0.1, 0.15) is 24.2 Å². The average Bonchev–Trinajstić information content (AvgIpc) is 2.30. The van der Waals surface area contributed by atoms with Crippen LogP contribution < -0.4 is 4.74 Å². The Morgan fingerprint density at radius 2 is 2.00 bits per heavy atom. The summed E-state index contributed by atoms with van der Waals surface area (Å²) < 4.78 is 4.75. The Morgan fingerprint density at radius 1 is 1.44 bits per heavy atom. The molecular weight excluding hydrogens is 214 g/mol. The maximum atomic E-state index is 10.6. The van der Waals surface area contributed by atoms with Crippen molar-refractivity contribution in [2.75, 3.05) is 7.11 Å². The molecule has 0 aliphatic carbocycles. The fraction of sp³-hybridized carbons (Fsp3) is 0.300. The first-order chi connectivity index (χ1) is 7.56. The Labute approximate surface area is 92.6 Å². The van der Waals surface area contributed by atoms with E-state index in [2.05, 4.69) is 0 Å². The van der Waals surface area contributed by atoms with Crippen LogP contribution in [-0.4, -0.2) is 23.1 Å². The number of nitro benzene ring substituents is 1. The molecule has 0 unspecified atom stereocenters. The molecule has 0 aliphatic rings. The molecule has 1 aromatic carbocycles. The molecule has 0 saturated carbocycles. The third kappa shape index (κ3) is 3.23. The van der Waals surface area contributed by atoms with Gasteiger partial charge in [0, 0.05) is 12.1 Å². The molecular formula is C10H13NO5. The minimum absolute atomic E-state index is 0.271. The molecule has 0 amide bonds. The van der Waals surface area contributed by atoms with Crippen molar-refractivity contribution in [3.05, 3.63) is 33.9 Å². The van der Waals surface area contributed by atoms with Crippen LogP contribution in [0.5, 0.6) is 5.75 Å². The molecule has 1 aromatic rings. The van der Waals surface area contributed by atoms with E-state index in [9.17, 15) is 14.9 Å². The molecule has 0 aromatic heterocycles. The first-order valence-corrected chi connectivity index (χ1v) is 4.62. The van der Waals surface area contributed by atoms with Gasteiger partial charge >= 0.3 is 5.97 Å². The van der Waals surface area contributed by atoms with Gasteiger partial charge in [-0.15, -0.1) is 0 Å². The van der Waals surface area contributed by atoms with Gasteiger partial charge in [-0.05, 0) is 6.07 Å². The van der Waals surface area contributed by atoms with Gasteiger partial charge < -0.3 is 9.84 Å². The Hall–Kier alpha value is -2.11. The number of carboxylic acids is 1. The average molecular weight is 227 g/mol. The summed E-state index contributed by atoms with van der Waals surface area (Å²) in [5.41, 5.74) is -0.826. The predicted octanol–water partition coefficient (Wildman–Crippen LogP) is 2.33. The minimum Gasteiger partial charge on any atom is -0.497 e. The van der Waals surface area contributed by atoms with Crippen molar-refractivity contribution in [3.63, 3.8) is 0 Å². The molecule has 0 radical (unpaired) electrons. The molecule has 0 aliphatic heterocycles. The Balaban J connectivity index is 0.00000106. The van der Waals surface area contributed by atoms with Crippen LogP contribution in [0.3, 0.4) is 0 Å². The molecule has 0 bridgehead atoms. The first-order valence-electron chi connectivity index (χ1n) is 4.62. The van der Waals surface area contributed by atoms with Gasteiger partial charge in [0.15, 0.2) is 0 Å². The number of hydrogen-bond donors (Lipinski definition) is 1. The second-order valence-corrected chi connectivity index (χ2v) is 2.45. The Morgan fingerprint density at radius 3 is 2.38 bits per heavy atom. The molecule has 1 N–H and O–H groups in total. The highest BCUT2D eigenvalue weighted by atomic mass is 16.6. The largest absolute Gasteiger partial charge is 0.497 e. The monoisotopic (exact) mass is 227 g/mol. The molecule has 0 atom stereocenters. The van der Waals surface area contributed by atoms with Gasteiger partial charge in [0.05, 0.1) is 12.0 Å². The zero-order chi connectivity index (χ0) is 12.7. The minimum atomic E-state index is -1.35. The number of nitro groups is 1. The van der Waals surface area contributed by atoms with Crippen molar-refractivity contribution >= 4 is 11.7 Å². The summed E-state index contributed by atoms with van der Waals surface area (Å²) >= 11 is 0. The molecule has 0 spiro atoms. The topological polar surface area (TPSA) is 89.7 Å². The second-order valence-electron chi connectivity index (χ2n) is 2.45. The highest BCUT2D eigenvalue weighted by Gasteiger charge is 2.19. The SMILES string of the molecule is CC.COc1ccc([N+](=O)[O-])c(C(=O)O)c1. The quantitative estimate of drug-likeness (QED) is 0.632. The molecule has 0 saturated heterocycles. The van der Waals surface area contributed by atoms with E-state index < -0.39 is 16.6 Å². The lowest BCUT2D eigenvalue weighted by Crippen LogP contribution is -2.02. The van der Waals surface area contributed by atoms with E-state index >= 15 is 0 Å². The van der Waals surface area contributed by atoms with Crippen LogP contribution in [0.4, 0.5) is 5.69 Å². The zero-order valence-electron chi connectivity index (χ0n) is 9.26. The molecule has 16 heavy (non-hydrogen) atoms. The van der Waals surface area contributed by atoms with Crippen LogP contribution in [0.15, 0.2) is 18.2 Å².